The quantitative estimate of drug-likeness (QED) is 0.234. The summed E-state index contributed by atoms with van der Waals surface area (Å²) >= 11 is 0. The van der Waals surface area contributed by atoms with Gasteiger partial charge in [-0.1, -0.05) is 51.1 Å². The Hall–Kier alpha value is -2.54. The number of hydrogen-bond acceptors (Lipinski definition) is 5. The van der Waals surface area contributed by atoms with Crippen molar-refractivity contribution in [1.82, 2.24) is 30.1 Å². The van der Waals surface area contributed by atoms with Crippen LogP contribution in [0.15, 0.2) is 55.0 Å². The van der Waals surface area contributed by atoms with Gasteiger partial charge in [-0.2, -0.15) is 0 Å². The number of rotatable bonds is 16. The van der Waals surface area contributed by atoms with Crippen molar-refractivity contribution in [1.29, 1.82) is 0 Å². The number of aryl methyl sites for hydroxylation is 2. The van der Waals surface area contributed by atoms with Crippen LogP contribution in [-0.4, -0.2) is 58.0 Å². The highest BCUT2D eigenvalue weighted by Crippen LogP contribution is 2.13. The summed E-state index contributed by atoms with van der Waals surface area (Å²) in [5, 5.41) is 3.19. The van der Waals surface area contributed by atoms with Crippen LogP contribution >= 0.6 is 0 Å². The van der Waals surface area contributed by atoms with Crippen molar-refractivity contribution >= 4 is 0 Å². The van der Waals surface area contributed by atoms with Crippen molar-refractivity contribution in [3.63, 3.8) is 0 Å². The monoisotopic (exact) mass is 506 g/mol. The summed E-state index contributed by atoms with van der Waals surface area (Å²) in [6.45, 7) is 16.2. The lowest BCUT2D eigenvalue weighted by Crippen LogP contribution is -2.27. The van der Waals surface area contributed by atoms with Gasteiger partial charge in [0.1, 0.15) is 5.82 Å². The topological polar surface area (TPSA) is 60.1 Å². The van der Waals surface area contributed by atoms with E-state index in [4.69, 9.17) is 0 Å². The van der Waals surface area contributed by atoms with Crippen LogP contribution in [0.3, 0.4) is 0 Å². The van der Waals surface area contributed by atoms with Gasteiger partial charge < -0.3 is 15.2 Å². The third-order valence-electron chi connectivity index (χ3n) is 6.35. The molecule has 0 radical (unpaired) electrons. The lowest BCUT2D eigenvalue weighted by Gasteiger charge is -2.21. The number of nitrogens with zero attached hydrogens (tertiary/aromatic N) is 4. The minimum Gasteiger partial charge on any atom is -0.348 e. The maximum Gasteiger partial charge on any atom is 0.120 e. The molecule has 0 atom stereocenters. The van der Waals surface area contributed by atoms with Gasteiger partial charge in [0, 0.05) is 31.7 Å². The SMILES string of the molecule is CCCN(CCC)CCCCNC.CCc1ccc(CN(Cc2ccc(C)cn2)Cc2ncc[nH]2)cc1. The molecule has 0 aliphatic heterocycles. The Morgan fingerprint density at radius 3 is 2.08 bits per heavy atom. The number of hydrogen-bond donors (Lipinski definition) is 2. The van der Waals surface area contributed by atoms with Gasteiger partial charge in [-0.3, -0.25) is 9.88 Å². The fourth-order valence-corrected chi connectivity index (χ4v) is 4.33. The summed E-state index contributed by atoms with van der Waals surface area (Å²) in [4.78, 5) is 17.0. The Bertz CT molecular complexity index is 915. The van der Waals surface area contributed by atoms with Crippen LogP contribution in [0.1, 0.15) is 74.7 Å². The molecule has 6 heteroatoms. The first-order chi connectivity index (χ1) is 18.1. The number of nitrogens with one attached hydrogen (secondary N) is 2. The summed E-state index contributed by atoms with van der Waals surface area (Å²) in [7, 11) is 2.02. The van der Waals surface area contributed by atoms with Crippen molar-refractivity contribution in [3.8, 4) is 0 Å². The van der Waals surface area contributed by atoms with Crippen molar-refractivity contribution in [2.24, 2.45) is 0 Å². The van der Waals surface area contributed by atoms with Crippen LogP contribution in [0.4, 0.5) is 0 Å². The normalized spacial score (nSPS) is 11.1. The van der Waals surface area contributed by atoms with E-state index in [1.807, 2.05) is 19.4 Å². The Morgan fingerprint density at radius 2 is 1.51 bits per heavy atom. The van der Waals surface area contributed by atoms with Crippen LogP contribution in [0.2, 0.25) is 0 Å². The first-order valence-corrected chi connectivity index (χ1v) is 14.1. The first-order valence-electron chi connectivity index (χ1n) is 14.1. The smallest absolute Gasteiger partial charge is 0.120 e. The Labute approximate surface area is 225 Å². The Kier molecular flexibility index (Phi) is 15.5. The van der Waals surface area contributed by atoms with Gasteiger partial charge in [0.05, 0.1) is 12.2 Å². The van der Waals surface area contributed by atoms with Crippen LogP contribution in [0, 0.1) is 6.92 Å². The van der Waals surface area contributed by atoms with E-state index in [1.54, 1.807) is 6.20 Å². The average molecular weight is 507 g/mol. The molecule has 2 aromatic heterocycles. The van der Waals surface area contributed by atoms with E-state index in [1.165, 1.54) is 62.0 Å². The number of pyridine rings is 1. The van der Waals surface area contributed by atoms with E-state index in [2.05, 4.69) is 94.2 Å². The molecule has 0 bridgehead atoms. The summed E-state index contributed by atoms with van der Waals surface area (Å²) in [5.74, 6) is 0.979. The second-order valence-corrected chi connectivity index (χ2v) is 9.83. The summed E-state index contributed by atoms with van der Waals surface area (Å²) < 4.78 is 0. The third kappa shape index (κ3) is 13.0. The molecule has 0 aliphatic carbocycles. The maximum absolute atomic E-state index is 4.54. The molecule has 2 N–H and O–H groups in total. The molecule has 204 valence electrons. The standard InChI is InChI=1S/C20H24N4.C11H26N2/c1-3-17-5-7-18(8-6-17)13-24(15-20-21-10-11-22-20)14-19-9-4-16(2)12-23-19;1-4-9-13(10-5-2)11-7-6-8-12-3/h4-12H,3,13-15H2,1-2H3,(H,21,22);12H,4-11H2,1-3H3. The van der Waals surface area contributed by atoms with E-state index in [-0.39, 0.29) is 0 Å². The van der Waals surface area contributed by atoms with Gasteiger partial charge in [0.25, 0.3) is 0 Å². The van der Waals surface area contributed by atoms with E-state index in [0.717, 1.165) is 44.1 Å². The van der Waals surface area contributed by atoms with Crippen LogP contribution < -0.4 is 5.32 Å². The lowest BCUT2D eigenvalue weighted by atomic mass is 10.1. The molecule has 0 amide bonds. The molecular weight excluding hydrogens is 456 g/mol. The maximum atomic E-state index is 4.54. The van der Waals surface area contributed by atoms with Gasteiger partial charge in [0.15, 0.2) is 0 Å². The van der Waals surface area contributed by atoms with Crippen LogP contribution in [-0.2, 0) is 26.1 Å². The van der Waals surface area contributed by atoms with Crippen LogP contribution in [0.5, 0.6) is 0 Å². The Morgan fingerprint density at radius 1 is 0.784 bits per heavy atom. The van der Waals surface area contributed by atoms with Crippen molar-refractivity contribution in [3.05, 3.63) is 83.2 Å². The van der Waals surface area contributed by atoms with E-state index in [9.17, 15) is 0 Å². The molecule has 0 unspecified atom stereocenters. The second kappa shape index (κ2) is 18.7. The zero-order valence-electron chi connectivity index (χ0n) is 24.0. The highest BCUT2D eigenvalue weighted by Gasteiger charge is 2.11. The fourth-order valence-electron chi connectivity index (χ4n) is 4.33. The number of benzene rings is 1. The summed E-state index contributed by atoms with van der Waals surface area (Å²) in [6, 6.07) is 13.1. The van der Waals surface area contributed by atoms with Crippen molar-refractivity contribution in [2.75, 3.05) is 33.2 Å². The second-order valence-electron chi connectivity index (χ2n) is 9.83. The van der Waals surface area contributed by atoms with Gasteiger partial charge in [-0.25, -0.2) is 4.98 Å². The molecule has 0 saturated heterocycles. The molecule has 0 aliphatic rings. The molecule has 3 aromatic rings. The fraction of sp³-hybridized carbons (Fsp3) is 0.548. The number of aromatic nitrogens is 3. The number of imidazole rings is 1. The predicted molar refractivity (Wildman–Crippen MR) is 157 cm³/mol. The zero-order chi connectivity index (χ0) is 26.7. The van der Waals surface area contributed by atoms with Gasteiger partial charge in [0.2, 0.25) is 0 Å². The molecule has 0 fully saturated rings. The van der Waals surface area contributed by atoms with Crippen molar-refractivity contribution < 1.29 is 0 Å². The molecular formula is C31H50N6. The highest BCUT2D eigenvalue weighted by atomic mass is 15.2. The molecule has 2 heterocycles. The Balaban J connectivity index is 0.000000317. The van der Waals surface area contributed by atoms with E-state index in [0.29, 0.717) is 0 Å². The molecule has 3 rings (SSSR count). The van der Waals surface area contributed by atoms with Crippen molar-refractivity contribution in [2.45, 2.75) is 79.4 Å². The highest BCUT2D eigenvalue weighted by molar-refractivity contribution is 5.22. The van der Waals surface area contributed by atoms with Gasteiger partial charge in [-0.15, -0.1) is 0 Å². The summed E-state index contributed by atoms with van der Waals surface area (Å²) in [6.07, 6.45) is 11.9. The predicted octanol–water partition coefficient (Wildman–Crippen LogP) is 5.99. The van der Waals surface area contributed by atoms with Gasteiger partial charge in [-0.05, 0) is 95.0 Å². The molecule has 6 nitrogen and oxygen atoms in total. The minimum absolute atomic E-state index is 0.776. The van der Waals surface area contributed by atoms with E-state index >= 15 is 0 Å². The number of aromatic amines is 1. The number of H-pyrrole nitrogens is 1. The van der Waals surface area contributed by atoms with Gasteiger partial charge >= 0.3 is 0 Å². The lowest BCUT2D eigenvalue weighted by molar-refractivity contribution is 0.239. The molecule has 37 heavy (non-hydrogen) atoms. The zero-order valence-corrected chi connectivity index (χ0v) is 24.0. The largest absolute Gasteiger partial charge is 0.348 e. The molecule has 0 saturated carbocycles. The van der Waals surface area contributed by atoms with E-state index < -0.39 is 0 Å². The molecule has 1 aromatic carbocycles. The van der Waals surface area contributed by atoms with Crippen LogP contribution in [0.25, 0.3) is 0 Å². The minimum atomic E-state index is 0.776. The molecule has 0 spiro atoms. The summed E-state index contributed by atoms with van der Waals surface area (Å²) in [5.41, 5.74) is 4.95. The average Bonchev–Trinajstić information content (AvgIpc) is 3.42. The third-order valence-corrected chi connectivity index (χ3v) is 6.35. The first kappa shape index (κ1) is 30.7. The number of unbranched alkanes of at least 4 members (excludes halogenated alkanes) is 1.